The standard InChI is InChI=1S/C60H36S3/c1-3-25-55-49(19-1)51-29-27-43(35-57(51)61-55)39-13-5-11-37(31-39)41-15-7-17-45(33-41)47-21-9-23-53-54-24-10-22-48(60(54)63-59(47)53)46-18-8-16-42(34-46)38-12-6-14-40(32-38)44-28-30-52-50-20-2-4-26-56(50)62-58(52)36-44/h1-36H. The first-order valence-corrected chi connectivity index (χ1v) is 23.8. The average molecular weight is 853 g/mol. The van der Waals surface area contributed by atoms with Crippen molar-refractivity contribution >= 4 is 94.5 Å². The van der Waals surface area contributed by atoms with E-state index in [0.29, 0.717) is 0 Å². The molecule has 0 spiro atoms. The van der Waals surface area contributed by atoms with Crippen molar-refractivity contribution in [3.63, 3.8) is 0 Å². The van der Waals surface area contributed by atoms with E-state index in [2.05, 4.69) is 218 Å². The number of thiophene rings is 3. The van der Waals surface area contributed by atoms with Gasteiger partial charge in [0.1, 0.15) is 0 Å². The molecule has 0 amide bonds. The fourth-order valence-electron chi connectivity index (χ4n) is 9.58. The summed E-state index contributed by atoms with van der Waals surface area (Å²) < 4.78 is 7.98. The zero-order chi connectivity index (χ0) is 41.4. The summed E-state index contributed by atoms with van der Waals surface area (Å²) in [5.74, 6) is 0. The topological polar surface area (TPSA) is 0 Å². The van der Waals surface area contributed by atoms with Crippen molar-refractivity contribution in [1.82, 2.24) is 0 Å². The van der Waals surface area contributed by atoms with Gasteiger partial charge in [0.25, 0.3) is 0 Å². The van der Waals surface area contributed by atoms with Gasteiger partial charge in [-0.05, 0) is 115 Å². The van der Waals surface area contributed by atoms with Crippen LogP contribution >= 0.6 is 34.0 Å². The van der Waals surface area contributed by atoms with Crippen molar-refractivity contribution in [1.29, 1.82) is 0 Å². The molecule has 0 bridgehead atoms. The molecule has 0 radical (unpaired) electrons. The maximum absolute atomic E-state index is 2.37. The van der Waals surface area contributed by atoms with Crippen molar-refractivity contribution in [3.05, 3.63) is 218 Å². The highest BCUT2D eigenvalue weighted by Gasteiger charge is 2.16. The Labute approximate surface area is 377 Å². The van der Waals surface area contributed by atoms with Crippen molar-refractivity contribution in [2.75, 3.05) is 0 Å². The summed E-state index contributed by atoms with van der Waals surface area (Å²) in [5, 5.41) is 7.94. The Morgan fingerprint density at radius 3 is 0.937 bits per heavy atom. The van der Waals surface area contributed by atoms with Gasteiger partial charge in [-0.25, -0.2) is 0 Å². The molecule has 0 nitrogen and oxygen atoms in total. The third-order valence-electron chi connectivity index (χ3n) is 12.7. The molecule has 0 aliphatic heterocycles. The normalized spacial score (nSPS) is 11.8. The van der Waals surface area contributed by atoms with E-state index < -0.39 is 0 Å². The minimum atomic E-state index is 1.22. The van der Waals surface area contributed by atoms with Crippen molar-refractivity contribution in [3.8, 4) is 66.8 Å². The fraction of sp³-hybridized carbons (Fsp3) is 0. The van der Waals surface area contributed by atoms with Gasteiger partial charge in [0.2, 0.25) is 0 Å². The van der Waals surface area contributed by atoms with Gasteiger partial charge in [0.05, 0.1) is 0 Å². The first-order chi connectivity index (χ1) is 31.2. The van der Waals surface area contributed by atoms with Gasteiger partial charge in [0.15, 0.2) is 0 Å². The van der Waals surface area contributed by atoms with Crippen LogP contribution in [-0.2, 0) is 0 Å². The zero-order valence-corrected chi connectivity index (χ0v) is 36.5. The van der Waals surface area contributed by atoms with Crippen molar-refractivity contribution in [2.24, 2.45) is 0 Å². The second kappa shape index (κ2) is 14.8. The predicted molar refractivity (Wildman–Crippen MR) is 278 cm³/mol. The highest BCUT2D eigenvalue weighted by Crippen LogP contribution is 2.45. The molecule has 10 aromatic carbocycles. The lowest BCUT2D eigenvalue weighted by Gasteiger charge is -2.09. The van der Waals surface area contributed by atoms with Crippen LogP contribution in [0.1, 0.15) is 0 Å². The lowest BCUT2D eigenvalue weighted by molar-refractivity contribution is 1.59. The Morgan fingerprint density at radius 2 is 0.508 bits per heavy atom. The Balaban J connectivity index is 0.840. The second-order valence-electron chi connectivity index (χ2n) is 16.4. The molecule has 0 fully saturated rings. The predicted octanol–water partition coefficient (Wildman–Crippen LogP) is 18.8. The monoisotopic (exact) mass is 852 g/mol. The van der Waals surface area contributed by atoms with Gasteiger partial charge in [-0.1, -0.05) is 170 Å². The maximum atomic E-state index is 2.37. The second-order valence-corrected chi connectivity index (χ2v) is 19.6. The molecule has 13 rings (SSSR count). The average Bonchev–Trinajstić information content (AvgIpc) is 4.05. The van der Waals surface area contributed by atoms with Crippen LogP contribution in [0.2, 0.25) is 0 Å². The molecular weight excluding hydrogens is 817 g/mol. The lowest BCUT2D eigenvalue weighted by Crippen LogP contribution is -1.84. The van der Waals surface area contributed by atoms with Gasteiger partial charge in [-0.2, -0.15) is 0 Å². The summed E-state index contributed by atoms with van der Waals surface area (Å²) in [6.07, 6.45) is 0. The Hall–Kier alpha value is -7.14. The first-order valence-electron chi connectivity index (χ1n) is 21.4. The SMILES string of the molecule is c1cc(-c2cccc(-c3cccc4c3sc3c(-c5cccc(-c6cccc(-c7ccc8c(c7)sc7ccccc78)c6)c5)cccc34)c2)cc(-c2ccc3c(c2)sc2ccccc23)c1. The highest BCUT2D eigenvalue weighted by atomic mass is 32.1. The van der Waals surface area contributed by atoms with Crippen LogP contribution in [-0.4, -0.2) is 0 Å². The van der Waals surface area contributed by atoms with E-state index >= 15 is 0 Å². The smallest absolute Gasteiger partial charge is 0.0434 e. The van der Waals surface area contributed by atoms with Crippen LogP contribution in [0.25, 0.3) is 127 Å². The van der Waals surface area contributed by atoms with E-state index in [1.165, 1.54) is 127 Å². The minimum Gasteiger partial charge on any atom is -0.135 e. The molecule has 294 valence electrons. The van der Waals surface area contributed by atoms with Crippen molar-refractivity contribution in [2.45, 2.75) is 0 Å². The molecule has 0 saturated heterocycles. The molecule has 3 aromatic heterocycles. The van der Waals surface area contributed by atoms with E-state index in [9.17, 15) is 0 Å². The molecular formula is C60H36S3. The van der Waals surface area contributed by atoms with Crippen LogP contribution < -0.4 is 0 Å². The Bertz CT molecular complexity index is 3680. The van der Waals surface area contributed by atoms with Crippen LogP contribution in [0, 0.1) is 0 Å². The summed E-state index contributed by atoms with van der Waals surface area (Å²) in [4.78, 5) is 0. The summed E-state index contributed by atoms with van der Waals surface area (Å²) >= 11 is 5.66. The molecule has 0 N–H and O–H groups in total. The van der Waals surface area contributed by atoms with E-state index in [0.717, 1.165) is 0 Å². The molecule has 0 atom stereocenters. The number of rotatable bonds is 6. The Morgan fingerprint density at radius 1 is 0.190 bits per heavy atom. The number of benzene rings is 10. The third kappa shape index (κ3) is 6.23. The van der Waals surface area contributed by atoms with Crippen molar-refractivity contribution < 1.29 is 0 Å². The Kier molecular flexibility index (Phi) is 8.55. The lowest BCUT2D eigenvalue weighted by atomic mass is 9.94. The summed E-state index contributed by atoms with van der Waals surface area (Å²) in [6.45, 7) is 0. The van der Waals surface area contributed by atoms with E-state index in [1.54, 1.807) is 0 Å². The van der Waals surface area contributed by atoms with Gasteiger partial charge in [0, 0.05) is 60.5 Å². The molecule has 63 heavy (non-hydrogen) atoms. The summed E-state index contributed by atoms with van der Waals surface area (Å²) in [6, 6.07) is 81.1. The van der Waals surface area contributed by atoms with Crippen LogP contribution in [0.5, 0.6) is 0 Å². The third-order valence-corrected chi connectivity index (χ3v) is 16.2. The zero-order valence-electron chi connectivity index (χ0n) is 34.0. The number of fused-ring (bicyclic) bond motifs is 9. The summed E-state index contributed by atoms with van der Waals surface area (Å²) in [7, 11) is 0. The highest BCUT2D eigenvalue weighted by molar-refractivity contribution is 7.27. The largest absolute Gasteiger partial charge is 0.135 e. The number of hydrogen-bond acceptors (Lipinski definition) is 3. The van der Waals surface area contributed by atoms with E-state index in [1.807, 2.05) is 34.0 Å². The van der Waals surface area contributed by atoms with Gasteiger partial charge >= 0.3 is 0 Å². The van der Waals surface area contributed by atoms with Gasteiger partial charge in [-0.3, -0.25) is 0 Å². The molecule has 13 aromatic rings. The van der Waals surface area contributed by atoms with Crippen LogP contribution in [0.15, 0.2) is 218 Å². The quantitative estimate of drug-likeness (QED) is 0.156. The summed E-state index contributed by atoms with van der Waals surface area (Å²) in [5.41, 5.74) is 14.9. The van der Waals surface area contributed by atoms with Gasteiger partial charge < -0.3 is 0 Å². The fourth-order valence-corrected chi connectivity index (χ4v) is 13.2. The molecule has 0 aliphatic rings. The molecule has 3 heterocycles. The first kappa shape index (κ1) is 36.5. The molecule has 0 saturated carbocycles. The minimum absolute atomic E-state index is 1.22. The number of hydrogen-bond donors (Lipinski definition) is 0. The molecule has 3 heteroatoms. The van der Waals surface area contributed by atoms with E-state index in [-0.39, 0.29) is 0 Å². The molecule has 0 unspecified atom stereocenters. The van der Waals surface area contributed by atoms with Crippen LogP contribution in [0.4, 0.5) is 0 Å². The van der Waals surface area contributed by atoms with Crippen LogP contribution in [0.3, 0.4) is 0 Å². The maximum Gasteiger partial charge on any atom is 0.0434 e. The van der Waals surface area contributed by atoms with Gasteiger partial charge in [-0.15, -0.1) is 34.0 Å². The van der Waals surface area contributed by atoms with E-state index in [4.69, 9.17) is 0 Å². The molecule has 0 aliphatic carbocycles.